The predicted octanol–water partition coefficient (Wildman–Crippen LogP) is 1.98. The number of likely N-dealkylation sites (N-methyl/N-ethyl adjacent to an activating group) is 1. The highest BCUT2D eigenvalue weighted by Crippen LogP contribution is 2.32. The number of nitrogens with two attached hydrogens (primary N) is 1. The molecule has 16 heavy (non-hydrogen) atoms. The molecule has 0 unspecified atom stereocenters. The van der Waals surface area contributed by atoms with Crippen molar-refractivity contribution >= 4 is 17.4 Å². The van der Waals surface area contributed by atoms with E-state index in [1.165, 1.54) is 0 Å². The Morgan fingerprint density at radius 2 is 1.94 bits per heavy atom. The highest BCUT2D eigenvalue weighted by atomic mass is 35.5. The van der Waals surface area contributed by atoms with Gasteiger partial charge in [-0.05, 0) is 14.1 Å². The summed E-state index contributed by atoms with van der Waals surface area (Å²) < 4.78 is 1.78. The minimum atomic E-state index is -0.0748. The van der Waals surface area contributed by atoms with Gasteiger partial charge in [0, 0.05) is 12.0 Å². The molecular formula is C11H21ClN4. The van der Waals surface area contributed by atoms with E-state index in [2.05, 4.69) is 30.8 Å². The lowest BCUT2D eigenvalue weighted by molar-refractivity contribution is 0.372. The second-order valence-corrected chi connectivity index (χ2v) is 5.70. The summed E-state index contributed by atoms with van der Waals surface area (Å²) >= 11 is 6.19. The van der Waals surface area contributed by atoms with E-state index >= 15 is 0 Å². The molecule has 0 atom stereocenters. The monoisotopic (exact) mass is 244 g/mol. The van der Waals surface area contributed by atoms with Crippen LogP contribution in [0.4, 0.5) is 5.82 Å². The Morgan fingerprint density at radius 3 is 2.31 bits per heavy atom. The van der Waals surface area contributed by atoms with Crippen molar-refractivity contribution in [1.82, 2.24) is 14.7 Å². The normalized spacial score (nSPS) is 12.4. The lowest BCUT2D eigenvalue weighted by Crippen LogP contribution is -2.20. The summed E-state index contributed by atoms with van der Waals surface area (Å²) in [7, 11) is 4.04. The smallest absolute Gasteiger partial charge is 0.140 e. The molecule has 0 spiro atoms. The number of nitrogens with zero attached hydrogens (tertiary/aromatic N) is 3. The maximum atomic E-state index is 6.19. The highest BCUT2D eigenvalue weighted by molar-refractivity contribution is 6.33. The van der Waals surface area contributed by atoms with Crippen LogP contribution in [0.3, 0.4) is 0 Å². The summed E-state index contributed by atoms with van der Waals surface area (Å²) in [5.41, 5.74) is 6.73. The van der Waals surface area contributed by atoms with Gasteiger partial charge in [-0.15, -0.1) is 0 Å². The first-order valence-corrected chi connectivity index (χ1v) is 5.78. The number of halogens is 1. The quantitative estimate of drug-likeness (QED) is 0.885. The van der Waals surface area contributed by atoms with Crippen LogP contribution in [0.25, 0.3) is 0 Å². The Kier molecular flexibility index (Phi) is 3.86. The lowest BCUT2D eigenvalue weighted by Gasteiger charge is -2.15. The minimum Gasteiger partial charge on any atom is -0.383 e. The first kappa shape index (κ1) is 13.3. The predicted molar refractivity (Wildman–Crippen MR) is 68.9 cm³/mol. The number of hydrogen-bond acceptors (Lipinski definition) is 3. The zero-order chi connectivity index (χ0) is 12.5. The van der Waals surface area contributed by atoms with Crippen LogP contribution >= 0.6 is 11.6 Å². The molecule has 2 N–H and O–H groups in total. The van der Waals surface area contributed by atoms with Crippen molar-refractivity contribution < 1.29 is 0 Å². The fraction of sp³-hybridized carbons (Fsp3) is 0.727. The van der Waals surface area contributed by atoms with Gasteiger partial charge < -0.3 is 10.6 Å². The van der Waals surface area contributed by atoms with Crippen molar-refractivity contribution in [2.75, 3.05) is 26.4 Å². The molecule has 0 saturated carbocycles. The molecule has 0 aliphatic rings. The van der Waals surface area contributed by atoms with E-state index in [1.54, 1.807) is 4.68 Å². The fourth-order valence-corrected chi connectivity index (χ4v) is 1.82. The standard InChI is InChI=1S/C11H21ClN4/c1-11(2,3)9-8(12)10(13)16(14-9)7-6-15(4)5/h6-7,13H2,1-5H3. The average molecular weight is 245 g/mol. The molecule has 92 valence electrons. The topological polar surface area (TPSA) is 47.1 Å². The summed E-state index contributed by atoms with van der Waals surface area (Å²) in [5.74, 6) is 0.563. The first-order valence-electron chi connectivity index (χ1n) is 5.40. The molecule has 0 aliphatic heterocycles. The molecule has 0 fully saturated rings. The van der Waals surface area contributed by atoms with E-state index < -0.39 is 0 Å². The van der Waals surface area contributed by atoms with Crippen molar-refractivity contribution in [2.45, 2.75) is 32.7 Å². The summed E-state index contributed by atoms with van der Waals surface area (Å²) in [6, 6.07) is 0. The Labute approximate surface area is 102 Å². The van der Waals surface area contributed by atoms with Crippen molar-refractivity contribution in [3.05, 3.63) is 10.7 Å². The van der Waals surface area contributed by atoms with Gasteiger partial charge in [-0.3, -0.25) is 0 Å². The van der Waals surface area contributed by atoms with E-state index in [9.17, 15) is 0 Å². The SMILES string of the molecule is CN(C)CCn1nc(C(C)(C)C)c(Cl)c1N. The van der Waals surface area contributed by atoms with Crippen molar-refractivity contribution in [2.24, 2.45) is 0 Å². The van der Waals surface area contributed by atoms with Crippen LogP contribution in [-0.2, 0) is 12.0 Å². The number of rotatable bonds is 3. The largest absolute Gasteiger partial charge is 0.383 e. The summed E-state index contributed by atoms with van der Waals surface area (Å²) in [6.45, 7) is 7.89. The van der Waals surface area contributed by atoms with Gasteiger partial charge in [0.15, 0.2) is 0 Å². The third-order valence-electron chi connectivity index (χ3n) is 2.40. The Hall–Kier alpha value is -0.740. The second-order valence-electron chi connectivity index (χ2n) is 5.32. The van der Waals surface area contributed by atoms with Gasteiger partial charge in [0.05, 0.1) is 12.2 Å². The number of anilines is 1. The molecule has 0 saturated heterocycles. The van der Waals surface area contributed by atoms with Crippen LogP contribution in [0.1, 0.15) is 26.5 Å². The van der Waals surface area contributed by atoms with Gasteiger partial charge in [0.2, 0.25) is 0 Å². The van der Waals surface area contributed by atoms with E-state index in [0.717, 1.165) is 18.8 Å². The maximum Gasteiger partial charge on any atom is 0.140 e. The number of nitrogen functional groups attached to an aromatic ring is 1. The van der Waals surface area contributed by atoms with Gasteiger partial charge in [0.1, 0.15) is 10.8 Å². The molecule has 1 heterocycles. The molecule has 5 heteroatoms. The van der Waals surface area contributed by atoms with Crippen molar-refractivity contribution in [3.8, 4) is 0 Å². The van der Waals surface area contributed by atoms with Crippen molar-refractivity contribution in [3.63, 3.8) is 0 Å². The molecular weight excluding hydrogens is 224 g/mol. The van der Waals surface area contributed by atoms with Gasteiger partial charge >= 0.3 is 0 Å². The summed E-state index contributed by atoms with van der Waals surface area (Å²) in [6.07, 6.45) is 0. The third-order valence-corrected chi connectivity index (χ3v) is 2.77. The van der Waals surface area contributed by atoms with E-state index in [-0.39, 0.29) is 5.41 Å². The molecule has 0 amide bonds. The minimum absolute atomic E-state index is 0.0748. The molecule has 1 aromatic rings. The number of aromatic nitrogens is 2. The zero-order valence-electron chi connectivity index (χ0n) is 10.7. The van der Waals surface area contributed by atoms with E-state index in [4.69, 9.17) is 17.3 Å². The van der Waals surface area contributed by atoms with E-state index in [0.29, 0.717) is 10.8 Å². The van der Waals surface area contributed by atoms with Crippen LogP contribution in [0.5, 0.6) is 0 Å². The molecule has 1 rings (SSSR count). The Bertz CT molecular complexity index is 363. The van der Waals surface area contributed by atoms with Gasteiger partial charge in [-0.1, -0.05) is 32.4 Å². The fourth-order valence-electron chi connectivity index (χ4n) is 1.40. The molecule has 0 aromatic carbocycles. The molecule has 0 bridgehead atoms. The molecule has 4 nitrogen and oxygen atoms in total. The maximum absolute atomic E-state index is 6.19. The number of hydrogen-bond donors (Lipinski definition) is 1. The van der Waals surface area contributed by atoms with Crippen LogP contribution in [0.15, 0.2) is 0 Å². The second kappa shape index (κ2) is 4.63. The van der Waals surface area contributed by atoms with Crippen LogP contribution < -0.4 is 5.73 Å². The molecule has 0 radical (unpaired) electrons. The van der Waals surface area contributed by atoms with Gasteiger partial charge in [-0.2, -0.15) is 5.10 Å². The Morgan fingerprint density at radius 1 is 1.38 bits per heavy atom. The first-order chi connectivity index (χ1) is 7.23. The molecule has 0 aliphatic carbocycles. The summed E-state index contributed by atoms with van der Waals surface area (Å²) in [4.78, 5) is 2.09. The van der Waals surface area contributed by atoms with Gasteiger partial charge in [-0.25, -0.2) is 4.68 Å². The zero-order valence-corrected chi connectivity index (χ0v) is 11.5. The van der Waals surface area contributed by atoms with E-state index in [1.807, 2.05) is 14.1 Å². The Balaban J connectivity index is 2.96. The third kappa shape index (κ3) is 2.89. The van der Waals surface area contributed by atoms with Crippen LogP contribution in [0, 0.1) is 0 Å². The van der Waals surface area contributed by atoms with Gasteiger partial charge in [0.25, 0.3) is 0 Å². The average Bonchev–Trinajstić information content (AvgIpc) is 2.40. The van der Waals surface area contributed by atoms with Crippen LogP contribution in [-0.4, -0.2) is 35.3 Å². The van der Waals surface area contributed by atoms with Crippen molar-refractivity contribution in [1.29, 1.82) is 0 Å². The molecule has 1 aromatic heterocycles. The summed E-state index contributed by atoms with van der Waals surface area (Å²) in [5, 5.41) is 5.07. The van der Waals surface area contributed by atoms with Crippen LogP contribution in [0.2, 0.25) is 5.02 Å². The highest BCUT2D eigenvalue weighted by Gasteiger charge is 2.24. The lowest BCUT2D eigenvalue weighted by atomic mass is 9.92.